The summed E-state index contributed by atoms with van der Waals surface area (Å²) in [5.41, 5.74) is 0. The Kier molecular flexibility index (Phi) is 7.63. The summed E-state index contributed by atoms with van der Waals surface area (Å²) in [5.74, 6) is 11.8. The molecule has 1 aliphatic carbocycles. The first-order chi connectivity index (χ1) is 11.5. The van der Waals surface area contributed by atoms with E-state index >= 15 is 0 Å². The third kappa shape index (κ3) is 7.27. The number of hydrogen-bond acceptors (Lipinski definition) is 3. The maximum atomic E-state index is 9.37. The van der Waals surface area contributed by atoms with E-state index in [0.717, 1.165) is 12.3 Å². The molecule has 1 N–H and O–H groups in total. The van der Waals surface area contributed by atoms with E-state index in [0.29, 0.717) is 12.8 Å². The second-order valence-corrected chi connectivity index (χ2v) is 7.49. The summed E-state index contributed by atoms with van der Waals surface area (Å²) in [4.78, 5) is 0. The predicted molar refractivity (Wildman–Crippen MR) is 96.1 cm³/mol. The van der Waals surface area contributed by atoms with Crippen molar-refractivity contribution in [3.63, 3.8) is 0 Å². The minimum absolute atomic E-state index is 0.0221. The second kappa shape index (κ2) is 9.47. The summed E-state index contributed by atoms with van der Waals surface area (Å²) in [6.07, 6.45) is 10.0. The Labute approximate surface area is 147 Å². The highest BCUT2D eigenvalue weighted by atomic mass is 16.7. The van der Waals surface area contributed by atoms with Crippen molar-refractivity contribution in [2.24, 2.45) is 5.92 Å². The van der Waals surface area contributed by atoms with Crippen molar-refractivity contribution in [3.05, 3.63) is 0 Å². The van der Waals surface area contributed by atoms with Gasteiger partial charge in [-0.1, -0.05) is 57.3 Å². The van der Waals surface area contributed by atoms with Crippen LogP contribution in [0.25, 0.3) is 0 Å². The highest BCUT2D eigenvalue weighted by Gasteiger charge is 2.40. The van der Waals surface area contributed by atoms with Crippen molar-refractivity contribution in [2.75, 3.05) is 0 Å². The molecule has 0 bridgehead atoms. The van der Waals surface area contributed by atoms with Gasteiger partial charge in [-0.25, -0.2) is 0 Å². The molecule has 24 heavy (non-hydrogen) atoms. The molecule has 0 aromatic carbocycles. The number of ether oxygens (including phenoxy) is 2. The molecule has 0 radical (unpaired) electrons. The molecule has 3 nitrogen and oxygen atoms in total. The number of unbranched alkanes of at least 4 members (excludes halogenated alkanes) is 2. The van der Waals surface area contributed by atoms with E-state index in [1.165, 1.54) is 38.5 Å². The summed E-state index contributed by atoms with van der Waals surface area (Å²) in [6, 6.07) is 0. The lowest BCUT2D eigenvalue weighted by atomic mass is 10.0. The van der Waals surface area contributed by atoms with Crippen LogP contribution in [0.2, 0.25) is 0 Å². The largest absolute Gasteiger partial charge is 0.380 e. The van der Waals surface area contributed by atoms with Gasteiger partial charge in [0.2, 0.25) is 0 Å². The molecule has 3 heteroatoms. The molecule has 0 spiro atoms. The Hall–Kier alpha value is -1.00. The molecule has 0 aromatic rings. The van der Waals surface area contributed by atoms with Gasteiger partial charge in [0.25, 0.3) is 0 Å². The number of rotatable bonds is 8. The van der Waals surface area contributed by atoms with Gasteiger partial charge in [-0.3, -0.25) is 0 Å². The van der Waals surface area contributed by atoms with E-state index in [4.69, 9.17) is 9.47 Å². The van der Waals surface area contributed by atoms with Crippen LogP contribution in [0.4, 0.5) is 0 Å². The van der Waals surface area contributed by atoms with Crippen molar-refractivity contribution in [2.45, 2.75) is 103 Å². The van der Waals surface area contributed by atoms with Gasteiger partial charge in [-0.15, -0.1) is 0 Å². The third-order valence-electron chi connectivity index (χ3n) is 4.66. The third-order valence-corrected chi connectivity index (χ3v) is 4.66. The first kappa shape index (κ1) is 19.3. The Bertz CT molecular complexity index is 499. The lowest BCUT2D eigenvalue weighted by molar-refractivity contribution is -0.146. The van der Waals surface area contributed by atoms with E-state index in [9.17, 15) is 5.11 Å². The summed E-state index contributed by atoms with van der Waals surface area (Å²) in [7, 11) is 0. The standard InChI is InChI=1S/C21H32O3/c1-4-18(22)12-8-6-10-14-20-19(23-21(2,3)24-20)13-9-5-7-11-17-15-16-17/h17-20,22H,4-5,7,9,11,13-16H2,1-3H3/t18-,19-,20-/m1/s1. The van der Waals surface area contributed by atoms with Gasteiger partial charge in [-0.05, 0) is 44.4 Å². The molecule has 0 amide bonds. The predicted octanol–water partition coefficient (Wildman–Crippen LogP) is 4.03. The van der Waals surface area contributed by atoms with E-state index in [1.807, 2.05) is 20.8 Å². The average molecular weight is 332 g/mol. The van der Waals surface area contributed by atoms with Crippen LogP contribution in [0.15, 0.2) is 0 Å². The second-order valence-electron chi connectivity index (χ2n) is 7.49. The van der Waals surface area contributed by atoms with Crippen LogP contribution in [0.1, 0.15) is 78.6 Å². The first-order valence-electron chi connectivity index (χ1n) is 9.52. The zero-order valence-electron chi connectivity index (χ0n) is 15.4. The Morgan fingerprint density at radius 3 is 2.46 bits per heavy atom. The van der Waals surface area contributed by atoms with Gasteiger partial charge in [0.1, 0.15) is 6.10 Å². The van der Waals surface area contributed by atoms with Crippen LogP contribution in [-0.4, -0.2) is 29.2 Å². The lowest BCUT2D eigenvalue weighted by Gasteiger charge is -2.16. The van der Waals surface area contributed by atoms with Crippen LogP contribution in [0, 0.1) is 29.6 Å². The molecule has 0 aromatic heterocycles. The summed E-state index contributed by atoms with van der Waals surface area (Å²) in [5, 5.41) is 9.37. The maximum absolute atomic E-state index is 9.37. The van der Waals surface area contributed by atoms with Gasteiger partial charge in [0, 0.05) is 6.42 Å². The van der Waals surface area contributed by atoms with Gasteiger partial charge in [-0.2, -0.15) is 0 Å². The molecule has 2 rings (SSSR count). The van der Waals surface area contributed by atoms with Crippen molar-refractivity contribution < 1.29 is 14.6 Å². The molecule has 134 valence electrons. The summed E-state index contributed by atoms with van der Waals surface area (Å²) in [6.45, 7) is 5.84. The van der Waals surface area contributed by atoms with Gasteiger partial charge < -0.3 is 14.6 Å². The highest BCUT2D eigenvalue weighted by Crippen LogP contribution is 2.35. The summed E-state index contributed by atoms with van der Waals surface area (Å²) >= 11 is 0. The van der Waals surface area contributed by atoms with E-state index in [-0.39, 0.29) is 12.2 Å². The van der Waals surface area contributed by atoms with Crippen LogP contribution < -0.4 is 0 Å². The summed E-state index contributed by atoms with van der Waals surface area (Å²) < 4.78 is 12.0. The minimum atomic E-state index is -0.576. The van der Waals surface area contributed by atoms with Crippen molar-refractivity contribution in [1.29, 1.82) is 0 Å². The molecule has 2 fully saturated rings. The average Bonchev–Trinajstić information content (AvgIpc) is 3.30. The van der Waals surface area contributed by atoms with E-state index in [1.54, 1.807) is 0 Å². The van der Waals surface area contributed by atoms with Crippen molar-refractivity contribution in [3.8, 4) is 23.7 Å². The molecule has 1 saturated carbocycles. The van der Waals surface area contributed by atoms with Crippen LogP contribution in [0.3, 0.4) is 0 Å². The quantitative estimate of drug-likeness (QED) is 0.539. The van der Waals surface area contributed by atoms with Crippen LogP contribution in [-0.2, 0) is 9.47 Å². The van der Waals surface area contributed by atoms with E-state index < -0.39 is 11.9 Å². The highest BCUT2D eigenvalue weighted by molar-refractivity contribution is 5.27. The fourth-order valence-corrected chi connectivity index (χ4v) is 3.11. The molecular weight excluding hydrogens is 300 g/mol. The number of hydrogen-bond donors (Lipinski definition) is 1. The van der Waals surface area contributed by atoms with Gasteiger partial charge >= 0.3 is 0 Å². The lowest BCUT2D eigenvalue weighted by Crippen LogP contribution is -2.21. The molecule has 3 atom stereocenters. The Balaban J connectivity index is 1.72. The number of aliphatic hydroxyl groups excluding tert-OH is 1. The molecule has 1 saturated heterocycles. The fourth-order valence-electron chi connectivity index (χ4n) is 3.11. The van der Waals surface area contributed by atoms with Gasteiger partial charge in [0.15, 0.2) is 5.79 Å². The van der Waals surface area contributed by atoms with E-state index in [2.05, 4.69) is 23.7 Å². The Morgan fingerprint density at radius 2 is 1.75 bits per heavy atom. The minimum Gasteiger partial charge on any atom is -0.380 e. The number of aliphatic hydroxyl groups is 1. The fraction of sp³-hybridized carbons (Fsp3) is 0.810. The van der Waals surface area contributed by atoms with Crippen LogP contribution >= 0.6 is 0 Å². The molecule has 0 unspecified atom stereocenters. The van der Waals surface area contributed by atoms with Crippen LogP contribution in [0.5, 0.6) is 0 Å². The zero-order valence-corrected chi connectivity index (χ0v) is 15.4. The molecule has 1 aliphatic heterocycles. The van der Waals surface area contributed by atoms with Crippen molar-refractivity contribution in [1.82, 2.24) is 0 Å². The monoisotopic (exact) mass is 332 g/mol. The topological polar surface area (TPSA) is 38.7 Å². The smallest absolute Gasteiger partial charge is 0.163 e. The first-order valence-corrected chi connectivity index (χ1v) is 9.52. The molecular formula is C21H32O3. The molecule has 1 heterocycles. The van der Waals surface area contributed by atoms with Crippen molar-refractivity contribution >= 4 is 0 Å². The maximum Gasteiger partial charge on any atom is 0.163 e. The normalized spacial score (nSPS) is 26.2. The Morgan fingerprint density at radius 1 is 1.04 bits per heavy atom. The molecule has 2 aliphatic rings. The van der Waals surface area contributed by atoms with Gasteiger partial charge in [0.05, 0.1) is 12.2 Å². The zero-order chi connectivity index (χ0) is 17.4. The SMILES string of the molecule is CC[C@@H](O)C#CC#CC[C@H]1OC(C)(C)O[C@@H]1CCCCCC1CC1.